The van der Waals surface area contributed by atoms with Gasteiger partial charge in [0.25, 0.3) is 0 Å². The van der Waals surface area contributed by atoms with Crippen LogP contribution in [0.15, 0.2) is 33.5 Å². The zero-order valence-electron chi connectivity index (χ0n) is 9.29. The van der Waals surface area contributed by atoms with Gasteiger partial charge in [-0.05, 0) is 31.8 Å². The summed E-state index contributed by atoms with van der Waals surface area (Å²) in [5.74, 6) is 0. The van der Waals surface area contributed by atoms with Gasteiger partial charge in [0.05, 0.1) is 4.90 Å². The van der Waals surface area contributed by atoms with Crippen LogP contribution in [0.4, 0.5) is 0 Å². The Hall–Kier alpha value is -1.24. The average Bonchev–Trinajstić information content (AvgIpc) is 2.17. The Morgan fingerprint density at radius 2 is 1.94 bits per heavy atom. The molecule has 88 valence electrons. The molecule has 1 unspecified atom stereocenters. The van der Waals surface area contributed by atoms with Crippen LogP contribution >= 0.6 is 0 Å². The van der Waals surface area contributed by atoms with Crippen molar-refractivity contribution in [2.45, 2.75) is 11.4 Å². The number of carbonyl (C=O) groups is 1. The molecule has 0 saturated carbocycles. The number of hydrogen-bond donors (Lipinski definition) is 1. The maximum atomic E-state index is 11.7. The molecule has 0 aliphatic rings. The average molecular weight is 241 g/mol. The third kappa shape index (κ3) is 3.41. The number of amides is 1. The second kappa shape index (κ2) is 5.20. The van der Waals surface area contributed by atoms with Crippen LogP contribution in [0, 0.1) is 0 Å². The van der Waals surface area contributed by atoms with Gasteiger partial charge in [-0.2, -0.15) is 0 Å². The molecule has 1 rings (SSSR count). The Balaban J connectivity index is 3.00. The summed E-state index contributed by atoms with van der Waals surface area (Å²) in [6, 6.07) is 6.91. The van der Waals surface area contributed by atoms with Gasteiger partial charge in [-0.3, -0.25) is 4.79 Å². The van der Waals surface area contributed by atoms with Crippen molar-refractivity contribution in [3.63, 3.8) is 0 Å². The van der Waals surface area contributed by atoms with E-state index in [9.17, 15) is 9.00 Å². The molecular weight excluding hydrogens is 226 g/mol. The fraction of sp³-hybridized carbons (Fsp3) is 0.300. The zero-order chi connectivity index (χ0) is 12.2. The van der Waals surface area contributed by atoms with Crippen LogP contribution < -0.4 is 5.14 Å². The topological polar surface area (TPSA) is 75.8 Å². The lowest BCUT2D eigenvalue weighted by atomic mass is 10.2. The molecule has 0 aliphatic heterocycles. The van der Waals surface area contributed by atoms with E-state index < -0.39 is 9.92 Å². The van der Waals surface area contributed by atoms with E-state index in [0.717, 1.165) is 12.1 Å². The minimum atomic E-state index is -3.06. The van der Waals surface area contributed by atoms with E-state index in [1.807, 2.05) is 31.1 Å². The van der Waals surface area contributed by atoms with Gasteiger partial charge >= 0.3 is 0 Å². The summed E-state index contributed by atoms with van der Waals surface area (Å²) >= 11 is 0. The molecule has 1 aromatic carbocycles. The van der Waals surface area contributed by atoms with Gasteiger partial charge in [-0.25, -0.2) is 9.35 Å². The molecule has 0 aliphatic carbocycles. The van der Waals surface area contributed by atoms with E-state index in [1.165, 1.54) is 0 Å². The Morgan fingerprint density at radius 3 is 2.38 bits per heavy atom. The summed E-state index contributed by atoms with van der Waals surface area (Å²) in [6.45, 7) is 0.789. The first-order valence-corrected chi connectivity index (χ1v) is 6.25. The van der Waals surface area contributed by atoms with Crippen molar-refractivity contribution < 1.29 is 9.00 Å². The van der Waals surface area contributed by atoms with Crippen LogP contribution in [0.1, 0.15) is 5.56 Å². The van der Waals surface area contributed by atoms with Gasteiger partial charge < -0.3 is 4.90 Å². The van der Waals surface area contributed by atoms with Crippen molar-refractivity contribution >= 4 is 16.3 Å². The van der Waals surface area contributed by atoms with Crippen molar-refractivity contribution in [3.05, 3.63) is 29.8 Å². The van der Waals surface area contributed by atoms with Gasteiger partial charge in [0.2, 0.25) is 6.41 Å². The molecule has 2 N–H and O–H groups in total. The summed E-state index contributed by atoms with van der Waals surface area (Å²) in [6.07, 6.45) is 0.218. The number of benzene rings is 1. The Bertz CT molecular complexity index is 473. The molecule has 0 fully saturated rings. The first-order chi connectivity index (χ1) is 7.45. The molecule has 0 bridgehead atoms. The molecule has 16 heavy (non-hydrogen) atoms. The molecule has 1 amide bonds. The largest absolute Gasteiger partial charge is 0.305 e. The number of nitrogens with zero attached hydrogens (tertiary/aromatic N) is 2. The monoisotopic (exact) mass is 241 g/mol. The minimum Gasteiger partial charge on any atom is -0.305 e. The van der Waals surface area contributed by atoms with Crippen molar-refractivity contribution in [2.24, 2.45) is 9.50 Å². The molecule has 0 saturated heterocycles. The molecule has 1 aromatic rings. The van der Waals surface area contributed by atoms with Gasteiger partial charge in [0, 0.05) is 6.54 Å². The van der Waals surface area contributed by atoms with Crippen molar-refractivity contribution in [1.82, 2.24) is 4.90 Å². The van der Waals surface area contributed by atoms with Gasteiger partial charge in [-0.15, -0.1) is 4.36 Å². The van der Waals surface area contributed by atoms with Crippen molar-refractivity contribution in [2.75, 3.05) is 14.1 Å². The predicted molar refractivity (Wildman–Crippen MR) is 62.9 cm³/mol. The van der Waals surface area contributed by atoms with Crippen LogP contribution in [0.2, 0.25) is 0 Å². The quantitative estimate of drug-likeness (QED) is 0.784. The van der Waals surface area contributed by atoms with E-state index in [1.54, 1.807) is 12.1 Å². The third-order valence-electron chi connectivity index (χ3n) is 1.96. The first kappa shape index (κ1) is 12.8. The highest BCUT2D eigenvalue weighted by Crippen LogP contribution is 2.11. The predicted octanol–water partition coefficient (Wildman–Crippen LogP) is 0.605. The Labute approximate surface area is 95.6 Å². The maximum absolute atomic E-state index is 11.7. The fourth-order valence-electron chi connectivity index (χ4n) is 1.28. The summed E-state index contributed by atoms with van der Waals surface area (Å²) < 4.78 is 14.9. The molecular formula is C10H15N3O2S. The number of rotatable bonds is 4. The normalized spacial score (nSPS) is 14.5. The number of carbonyl (C=O) groups excluding carboxylic acids is 1. The summed E-state index contributed by atoms with van der Waals surface area (Å²) in [5, 5.41) is 5.42. The lowest BCUT2D eigenvalue weighted by Gasteiger charge is -2.10. The second-order valence-electron chi connectivity index (χ2n) is 3.66. The second-order valence-corrected chi connectivity index (χ2v) is 5.48. The minimum absolute atomic E-state index is 0.218. The molecule has 0 radical (unpaired) electrons. The highest BCUT2D eigenvalue weighted by Gasteiger charge is 2.05. The molecule has 0 aromatic heterocycles. The Kier molecular flexibility index (Phi) is 4.17. The smallest absolute Gasteiger partial charge is 0.242 e. The van der Waals surface area contributed by atoms with Crippen LogP contribution in [-0.4, -0.2) is 29.6 Å². The Morgan fingerprint density at radius 1 is 1.38 bits per heavy atom. The SMILES string of the molecule is CN(C)Cc1ccc(S(N)(=O)=NC=O)cc1. The van der Waals surface area contributed by atoms with E-state index in [4.69, 9.17) is 5.14 Å². The molecule has 1 atom stereocenters. The van der Waals surface area contributed by atoms with E-state index >= 15 is 0 Å². The van der Waals surface area contributed by atoms with Crippen LogP contribution in [0.5, 0.6) is 0 Å². The van der Waals surface area contributed by atoms with Gasteiger partial charge in [0.15, 0.2) is 0 Å². The summed E-state index contributed by atoms with van der Waals surface area (Å²) in [5.41, 5.74) is 1.08. The lowest BCUT2D eigenvalue weighted by molar-refractivity contribution is -0.106. The lowest BCUT2D eigenvalue weighted by Crippen LogP contribution is -2.13. The van der Waals surface area contributed by atoms with E-state index in [-0.39, 0.29) is 6.41 Å². The van der Waals surface area contributed by atoms with Gasteiger partial charge in [0.1, 0.15) is 9.92 Å². The highest BCUT2D eigenvalue weighted by molar-refractivity contribution is 7.91. The summed E-state index contributed by atoms with van der Waals surface area (Å²) in [7, 11) is 0.858. The van der Waals surface area contributed by atoms with Crippen LogP contribution in [0.25, 0.3) is 0 Å². The molecule has 5 nitrogen and oxygen atoms in total. The summed E-state index contributed by atoms with van der Waals surface area (Å²) in [4.78, 5) is 12.6. The van der Waals surface area contributed by atoms with Crippen molar-refractivity contribution in [1.29, 1.82) is 0 Å². The third-order valence-corrected chi connectivity index (χ3v) is 3.31. The first-order valence-electron chi connectivity index (χ1n) is 4.67. The standard InChI is InChI=1S/C10H15N3O2S/c1-13(2)7-9-3-5-10(6-4-9)16(11,15)12-8-14/h3-6,8H,7H2,1-2H3,(H2,11,12,14,15). The number of nitrogens with two attached hydrogens (primary N) is 1. The zero-order valence-corrected chi connectivity index (χ0v) is 10.1. The maximum Gasteiger partial charge on any atom is 0.242 e. The van der Waals surface area contributed by atoms with Crippen molar-refractivity contribution in [3.8, 4) is 0 Å². The van der Waals surface area contributed by atoms with Gasteiger partial charge in [-0.1, -0.05) is 12.1 Å². The highest BCUT2D eigenvalue weighted by atomic mass is 32.2. The van der Waals surface area contributed by atoms with Crippen LogP contribution in [0.3, 0.4) is 0 Å². The molecule has 0 heterocycles. The molecule has 0 spiro atoms. The van der Waals surface area contributed by atoms with E-state index in [2.05, 4.69) is 4.36 Å². The number of hydrogen-bond acceptors (Lipinski definition) is 3. The van der Waals surface area contributed by atoms with Crippen LogP contribution in [-0.2, 0) is 21.3 Å². The van der Waals surface area contributed by atoms with E-state index in [0.29, 0.717) is 4.90 Å². The fourth-order valence-corrected chi connectivity index (χ4v) is 2.06. The molecule has 6 heteroatoms.